The number of carbonyl (C=O) groups is 1. The molecule has 0 amide bonds. The first-order valence-electron chi connectivity index (χ1n) is 6.68. The Labute approximate surface area is 119 Å². The van der Waals surface area contributed by atoms with Crippen LogP contribution < -0.4 is 4.74 Å². The van der Waals surface area contributed by atoms with Crippen LogP contribution in [0.4, 0.5) is 0 Å². The Morgan fingerprint density at radius 3 is 2.60 bits per heavy atom. The van der Waals surface area contributed by atoms with Crippen molar-refractivity contribution in [3.05, 3.63) is 65.7 Å². The molecule has 0 heterocycles. The first-order chi connectivity index (χ1) is 9.88. The first kappa shape index (κ1) is 14.3. The summed E-state index contributed by atoms with van der Waals surface area (Å²) in [6.45, 7) is 1.86. The van der Waals surface area contributed by atoms with E-state index in [0.29, 0.717) is 25.4 Å². The molecule has 0 spiro atoms. The molecule has 3 nitrogen and oxygen atoms in total. The second-order valence-electron chi connectivity index (χ2n) is 4.43. The summed E-state index contributed by atoms with van der Waals surface area (Å²) in [6, 6.07) is 17.2. The molecule has 0 aliphatic rings. The lowest BCUT2D eigenvalue weighted by Crippen LogP contribution is -2.03. The third-order valence-corrected chi connectivity index (χ3v) is 2.81. The SMILES string of the molecule is O=Cc1cccc(OCCCOCc2ccccc2)c1. The average Bonchev–Trinajstić information content (AvgIpc) is 2.52. The lowest BCUT2D eigenvalue weighted by Gasteiger charge is -2.07. The molecular formula is C17H18O3. The molecule has 0 radical (unpaired) electrons. The normalized spacial score (nSPS) is 10.2. The van der Waals surface area contributed by atoms with E-state index in [1.807, 2.05) is 42.5 Å². The van der Waals surface area contributed by atoms with Gasteiger partial charge in [0.25, 0.3) is 0 Å². The fourth-order valence-electron chi connectivity index (χ4n) is 1.79. The summed E-state index contributed by atoms with van der Waals surface area (Å²) in [6.07, 6.45) is 1.63. The minimum atomic E-state index is 0.580. The van der Waals surface area contributed by atoms with Crippen molar-refractivity contribution >= 4 is 6.29 Å². The van der Waals surface area contributed by atoms with Crippen LogP contribution in [0.2, 0.25) is 0 Å². The topological polar surface area (TPSA) is 35.5 Å². The Bertz CT molecular complexity index is 523. The highest BCUT2D eigenvalue weighted by Gasteiger charge is 1.96. The third-order valence-electron chi connectivity index (χ3n) is 2.81. The first-order valence-corrected chi connectivity index (χ1v) is 6.68. The number of carbonyl (C=O) groups excluding carboxylic acids is 1. The fraction of sp³-hybridized carbons (Fsp3) is 0.235. The number of benzene rings is 2. The molecule has 0 aliphatic carbocycles. The molecule has 2 aromatic rings. The van der Waals surface area contributed by atoms with E-state index >= 15 is 0 Å². The Balaban J connectivity index is 1.60. The van der Waals surface area contributed by atoms with Crippen LogP contribution >= 0.6 is 0 Å². The smallest absolute Gasteiger partial charge is 0.150 e. The number of ether oxygens (including phenoxy) is 2. The van der Waals surface area contributed by atoms with E-state index < -0.39 is 0 Å². The zero-order chi connectivity index (χ0) is 14.0. The van der Waals surface area contributed by atoms with E-state index in [9.17, 15) is 4.79 Å². The highest BCUT2D eigenvalue weighted by molar-refractivity contribution is 5.75. The van der Waals surface area contributed by atoms with Crippen molar-refractivity contribution in [3.8, 4) is 5.75 Å². The van der Waals surface area contributed by atoms with Crippen LogP contribution in [0.5, 0.6) is 5.75 Å². The van der Waals surface area contributed by atoms with Crippen molar-refractivity contribution in [2.45, 2.75) is 13.0 Å². The van der Waals surface area contributed by atoms with Gasteiger partial charge in [-0.05, 0) is 17.7 Å². The molecule has 20 heavy (non-hydrogen) atoms. The summed E-state index contributed by atoms with van der Waals surface area (Å²) in [5.41, 5.74) is 1.80. The Hall–Kier alpha value is -2.13. The average molecular weight is 270 g/mol. The molecule has 0 fully saturated rings. The molecule has 2 aromatic carbocycles. The molecule has 0 unspecified atom stereocenters. The van der Waals surface area contributed by atoms with Gasteiger partial charge in [0.05, 0.1) is 19.8 Å². The quantitative estimate of drug-likeness (QED) is 0.544. The minimum absolute atomic E-state index is 0.580. The second-order valence-corrected chi connectivity index (χ2v) is 4.43. The predicted octanol–water partition coefficient (Wildman–Crippen LogP) is 3.48. The van der Waals surface area contributed by atoms with E-state index in [4.69, 9.17) is 9.47 Å². The van der Waals surface area contributed by atoms with Crippen LogP contribution in [0.1, 0.15) is 22.3 Å². The molecule has 3 heteroatoms. The molecule has 0 bridgehead atoms. The van der Waals surface area contributed by atoms with Gasteiger partial charge in [-0.3, -0.25) is 4.79 Å². The van der Waals surface area contributed by atoms with Gasteiger partial charge in [0.2, 0.25) is 0 Å². The zero-order valence-corrected chi connectivity index (χ0v) is 11.3. The molecule has 2 rings (SSSR count). The van der Waals surface area contributed by atoms with Crippen LogP contribution in [-0.4, -0.2) is 19.5 Å². The molecule has 0 N–H and O–H groups in total. The van der Waals surface area contributed by atoms with Crippen molar-refractivity contribution in [2.75, 3.05) is 13.2 Å². The molecule has 0 atom stereocenters. The molecule has 104 valence electrons. The van der Waals surface area contributed by atoms with Crippen LogP contribution in [0.3, 0.4) is 0 Å². The van der Waals surface area contributed by atoms with Gasteiger partial charge >= 0.3 is 0 Å². The van der Waals surface area contributed by atoms with Gasteiger partial charge in [-0.2, -0.15) is 0 Å². The monoisotopic (exact) mass is 270 g/mol. The minimum Gasteiger partial charge on any atom is -0.493 e. The second kappa shape index (κ2) is 8.12. The van der Waals surface area contributed by atoms with Gasteiger partial charge in [0.1, 0.15) is 12.0 Å². The molecule has 0 aromatic heterocycles. The lowest BCUT2D eigenvalue weighted by molar-refractivity contribution is 0.107. The standard InChI is InChI=1S/C17H18O3/c18-13-16-8-4-9-17(12-16)20-11-5-10-19-14-15-6-2-1-3-7-15/h1-4,6-9,12-13H,5,10-11,14H2. The Kier molecular flexibility index (Phi) is 5.80. The van der Waals surface area contributed by atoms with E-state index in [2.05, 4.69) is 0 Å². The maximum Gasteiger partial charge on any atom is 0.150 e. The van der Waals surface area contributed by atoms with Crippen molar-refractivity contribution in [3.63, 3.8) is 0 Å². The van der Waals surface area contributed by atoms with Gasteiger partial charge in [-0.15, -0.1) is 0 Å². The molecule has 0 saturated heterocycles. The highest BCUT2D eigenvalue weighted by atomic mass is 16.5. The van der Waals surface area contributed by atoms with Crippen molar-refractivity contribution in [2.24, 2.45) is 0 Å². The van der Waals surface area contributed by atoms with Crippen LogP contribution in [0.15, 0.2) is 54.6 Å². The summed E-state index contributed by atoms with van der Waals surface area (Å²) in [4.78, 5) is 10.6. The molecule has 0 saturated carbocycles. The van der Waals surface area contributed by atoms with Crippen LogP contribution in [0.25, 0.3) is 0 Å². The summed E-state index contributed by atoms with van der Waals surface area (Å²) in [5, 5.41) is 0. The predicted molar refractivity (Wildman–Crippen MR) is 78.0 cm³/mol. The Morgan fingerprint density at radius 2 is 1.80 bits per heavy atom. The summed E-state index contributed by atoms with van der Waals surface area (Å²) in [5.74, 6) is 0.720. The number of hydrogen-bond acceptors (Lipinski definition) is 3. The largest absolute Gasteiger partial charge is 0.493 e. The summed E-state index contributed by atoms with van der Waals surface area (Å²) < 4.78 is 11.1. The zero-order valence-electron chi connectivity index (χ0n) is 11.3. The van der Waals surface area contributed by atoms with Crippen molar-refractivity contribution in [1.29, 1.82) is 0 Å². The van der Waals surface area contributed by atoms with E-state index in [1.165, 1.54) is 5.56 Å². The Morgan fingerprint density at radius 1 is 0.950 bits per heavy atom. The van der Waals surface area contributed by atoms with Gasteiger partial charge in [0, 0.05) is 12.0 Å². The maximum absolute atomic E-state index is 10.6. The van der Waals surface area contributed by atoms with E-state index in [0.717, 1.165) is 18.5 Å². The summed E-state index contributed by atoms with van der Waals surface area (Å²) in [7, 11) is 0. The van der Waals surface area contributed by atoms with Gasteiger partial charge in [-0.1, -0.05) is 42.5 Å². The van der Waals surface area contributed by atoms with Crippen LogP contribution in [0, 0.1) is 0 Å². The molecular weight excluding hydrogens is 252 g/mol. The fourth-order valence-corrected chi connectivity index (χ4v) is 1.79. The maximum atomic E-state index is 10.6. The van der Waals surface area contributed by atoms with Crippen molar-refractivity contribution < 1.29 is 14.3 Å². The molecule has 0 aliphatic heterocycles. The van der Waals surface area contributed by atoms with Gasteiger partial charge < -0.3 is 9.47 Å². The highest BCUT2D eigenvalue weighted by Crippen LogP contribution is 2.12. The lowest BCUT2D eigenvalue weighted by atomic mass is 10.2. The van der Waals surface area contributed by atoms with E-state index in [-0.39, 0.29) is 0 Å². The van der Waals surface area contributed by atoms with Gasteiger partial charge in [-0.25, -0.2) is 0 Å². The van der Waals surface area contributed by atoms with Crippen LogP contribution in [-0.2, 0) is 11.3 Å². The number of aldehydes is 1. The van der Waals surface area contributed by atoms with Crippen molar-refractivity contribution in [1.82, 2.24) is 0 Å². The van der Waals surface area contributed by atoms with E-state index in [1.54, 1.807) is 12.1 Å². The third kappa shape index (κ3) is 4.86. The summed E-state index contributed by atoms with van der Waals surface area (Å²) >= 11 is 0. The number of hydrogen-bond donors (Lipinski definition) is 0. The number of rotatable bonds is 8. The van der Waals surface area contributed by atoms with Gasteiger partial charge in [0.15, 0.2) is 0 Å².